The summed E-state index contributed by atoms with van der Waals surface area (Å²) < 4.78 is 0. The molecule has 0 heterocycles. The second kappa shape index (κ2) is 6.45. The summed E-state index contributed by atoms with van der Waals surface area (Å²) in [5.41, 5.74) is 8.55. The van der Waals surface area contributed by atoms with E-state index in [9.17, 15) is 5.11 Å². The topological polar surface area (TPSA) is 71.0 Å². The van der Waals surface area contributed by atoms with Crippen LogP contribution in [-0.2, 0) is 0 Å². The zero-order valence-electron chi connectivity index (χ0n) is 12.0. The molecule has 0 aliphatic rings. The quantitative estimate of drug-likeness (QED) is 0.560. The first-order chi connectivity index (χ1) is 10.1. The molecule has 3 rings (SSSR count). The standard InChI is InChI=1S/C17H15N3O.ClH/c1-11-3-2-4-12-5-10-15(21)17(16(11)12)20-19-14-8-6-13(18)7-9-14;/h2-10,21H,18H2,1H3;1H/p-1. The molecule has 3 aromatic carbocycles. The van der Waals surface area contributed by atoms with Crippen LogP contribution in [0.1, 0.15) is 5.56 Å². The van der Waals surface area contributed by atoms with Crippen molar-refractivity contribution in [1.82, 2.24) is 0 Å². The smallest absolute Gasteiger partial charge is 0.143 e. The molecule has 0 radical (unpaired) electrons. The summed E-state index contributed by atoms with van der Waals surface area (Å²) in [4.78, 5) is 0. The minimum atomic E-state index is 0. The number of nitrogens with zero attached hydrogens (tertiary/aromatic N) is 2. The first kappa shape index (κ1) is 15.8. The number of nitrogens with two attached hydrogens (primary N) is 1. The van der Waals surface area contributed by atoms with Crippen LogP contribution in [0.5, 0.6) is 5.75 Å². The van der Waals surface area contributed by atoms with Crippen molar-refractivity contribution in [1.29, 1.82) is 0 Å². The lowest BCUT2D eigenvalue weighted by molar-refractivity contribution is -0.00000525. The van der Waals surface area contributed by atoms with Crippen LogP contribution in [0.3, 0.4) is 0 Å². The van der Waals surface area contributed by atoms with E-state index in [-0.39, 0.29) is 18.2 Å². The third-order valence-electron chi connectivity index (χ3n) is 3.36. The van der Waals surface area contributed by atoms with E-state index in [4.69, 9.17) is 5.73 Å². The number of hydrogen-bond donors (Lipinski definition) is 2. The number of phenolic OH excluding ortho intramolecular Hbond substituents is 1. The van der Waals surface area contributed by atoms with Gasteiger partial charge < -0.3 is 23.2 Å². The minimum Gasteiger partial charge on any atom is -1.00 e. The summed E-state index contributed by atoms with van der Waals surface area (Å²) in [6.45, 7) is 1.99. The van der Waals surface area contributed by atoms with Gasteiger partial charge in [0.15, 0.2) is 0 Å². The number of benzene rings is 3. The number of aryl methyl sites for hydroxylation is 1. The summed E-state index contributed by atoms with van der Waals surface area (Å²) in [7, 11) is 0. The third kappa shape index (κ3) is 3.02. The Hall–Kier alpha value is -2.59. The van der Waals surface area contributed by atoms with Crippen molar-refractivity contribution >= 4 is 27.8 Å². The lowest BCUT2D eigenvalue weighted by Gasteiger charge is -2.06. The van der Waals surface area contributed by atoms with Gasteiger partial charge in [-0.25, -0.2) is 0 Å². The van der Waals surface area contributed by atoms with E-state index in [0.717, 1.165) is 16.3 Å². The second-order valence-electron chi connectivity index (χ2n) is 4.90. The highest BCUT2D eigenvalue weighted by atomic mass is 35.5. The fourth-order valence-electron chi connectivity index (χ4n) is 2.28. The van der Waals surface area contributed by atoms with Gasteiger partial charge in [-0.1, -0.05) is 24.3 Å². The van der Waals surface area contributed by atoms with Crippen LogP contribution < -0.4 is 18.1 Å². The van der Waals surface area contributed by atoms with Crippen LogP contribution in [0, 0.1) is 6.92 Å². The number of anilines is 1. The van der Waals surface area contributed by atoms with Crippen LogP contribution in [0.4, 0.5) is 17.1 Å². The number of phenols is 1. The minimum absolute atomic E-state index is 0. The molecular formula is C17H15ClN3O-. The van der Waals surface area contributed by atoms with Crippen molar-refractivity contribution in [2.75, 3.05) is 5.73 Å². The third-order valence-corrected chi connectivity index (χ3v) is 3.36. The van der Waals surface area contributed by atoms with Crippen molar-refractivity contribution in [3.8, 4) is 5.75 Å². The van der Waals surface area contributed by atoms with Crippen molar-refractivity contribution in [3.63, 3.8) is 0 Å². The number of fused-ring (bicyclic) bond motifs is 1. The van der Waals surface area contributed by atoms with Crippen molar-refractivity contribution < 1.29 is 17.5 Å². The molecule has 112 valence electrons. The lowest BCUT2D eigenvalue weighted by Crippen LogP contribution is -3.00. The number of halogens is 1. The Balaban J connectivity index is 0.00000176. The summed E-state index contributed by atoms with van der Waals surface area (Å²) in [5.74, 6) is 0.121. The van der Waals surface area contributed by atoms with E-state index < -0.39 is 0 Å². The van der Waals surface area contributed by atoms with E-state index in [1.807, 2.05) is 31.2 Å². The Morgan fingerprint density at radius 1 is 0.909 bits per heavy atom. The molecular weight excluding hydrogens is 298 g/mol. The molecule has 0 fully saturated rings. The predicted molar refractivity (Wildman–Crippen MR) is 85.4 cm³/mol. The van der Waals surface area contributed by atoms with Crippen LogP contribution in [0.25, 0.3) is 10.8 Å². The van der Waals surface area contributed by atoms with Crippen molar-refractivity contribution in [2.45, 2.75) is 6.92 Å². The number of hydrogen-bond acceptors (Lipinski definition) is 4. The van der Waals surface area contributed by atoms with Gasteiger partial charge >= 0.3 is 0 Å². The summed E-state index contributed by atoms with van der Waals surface area (Å²) in [6, 6.07) is 16.6. The van der Waals surface area contributed by atoms with Gasteiger partial charge in [-0.05, 0) is 48.2 Å². The fraction of sp³-hybridized carbons (Fsp3) is 0.0588. The summed E-state index contributed by atoms with van der Waals surface area (Å²) >= 11 is 0. The van der Waals surface area contributed by atoms with Crippen LogP contribution in [-0.4, -0.2) is 5.11 Å². The van der Waals surface area contributed by atoms with Gasteiger partial charge in [-0.3, -0.25) is 0 Å². The maximum atomic E-state index is 10.1. The zero-order chi connectivity index (χ0) is 14.8. The molecule has 0 unspecified atom stereocenters. The van der Waals surface area contributed by atoms with Crippen LogP contribution in [0.2, 0.25) is 0 Å². The fourth-order valence-corrected chi connectivity index (χ4v) is 2.28. The van der Waals surface area contributed by atoms with Crippen molar-refractivity contribution in [3.05, 3.63) is 60.2 Å². The van der Waals surface area contributed by atoms with Crippen molar-refractivity contribution in [2.24, 2.45) is 10.2 Å². The molecule has 3 aromatic rings. The monoisotopic (exact) mass is 312 g/mol. The average Bonchev–Trinajstić information content (AvgIpc) is 2.48. The average molecular weight is 313 g/mol. The van der Waals surface area contributed by atoms with E-state index in [1.54, 1.807) is 30.3 Å². The van der Waals surface area contributed by atoms with Gasteiger partial charge in [0.25, 0.3) is 0 Å². The number of rotatable bonds is 2. The van der Waals surface area contributed by atoms with E-state index in [1.165, 1.54) is 0 Å². The van der Waals surface area contributed by atoms with Gasteiger partial charge in [0.05, 0.1) is 5.69 Å². The maximum absolute atomic E-state index is 10.1. The molecule has 0 spiro atoms. The molecule has 4 nitrogen and oxygen atoms in total. The normalized spacial score (nSPS) is 10.8. The molecule has 0 aliphatic carbocycles. The Morgan fingerprint density at radius 2 is 1.64 bits per heavy atom. The highest BCUT2D eigenvalue weighted by molar-refractivity contribution is 5.97. The first-order valence-electron chi connectivity index (χ1n) is 6.64. The van der Waals surface area contributed by atoms with E-state index in [2.05, 4.69) is 10.2 Å². The van der Waals surface area contributed by atoms with Gasteiger partial charge in [0.1, 0.15) is 11.4 Å². The summed E-state index contributed by atoms with van der Waals surface area (Å²) in [5, 5.41) is 20.4. The Kier molecular flexibility index (Phi) is 4.63. The van der Waals surface area contributed by atoms with Crippen LogP contribution >= 0.6 is 0 Å². The molecule has 0 aliphatic heterocycles. The molecule has 0 saturated carbocycles. The number of nitrogen functional groups attached to an aromatic ring is 1. The SMILES string of the molecule is Cc1cccc2ccc(O)c(N=Nc3ccc(N)cc3)c12.[Cl-]. The highest BCUT2D eigenvalue weighted by Crippen LogP contribution is 2.37. The first-order valence-corrected chi connectivity index (χ1v) is 6.64. The molecule has 0 atom stereocenters. The van der Waals surface area contributed by atoms with Gasteiger partial charge in [0, 0.05) is 11.1 Å². The molecule has 0 amide bonds. The van der Waals surface area contributed by atoms with Crippen LogP contribution in [0.15, 0.2) is 64.8 Å². The largest absolute Gasteiger partial charge is 1.00 e. The molecule has 22 heavy (non-hydrogen) atoms. The van der Waals surface area contributed by atoms with Gasteiger partial charge in [-0.15, -0.1) is 5.11 Å². The van der Waals surface area contributed by atoms with E-state index >= 15 is 0 Å². The summed E-state index contributed by atoms with van der Waals surface area (Å²) in [6.07, 6.45) is 0. The Labute approximate surface area is 134 Å². The molecule has 0 bridgehead atoms. The predicted octanol–water partition coefficient (Wildman–Crippen LogP) is 1.86. The number of azo groups is 1. The molecule has 5 heteroatoms. The van der Waals surface area contributed by atoms with Gasteiger partial charge in [-0.2, -0.15) is 5.11 Å². The second-order valence-corrected chi connectivity index (χ2v) is 4.90. The molecule has 3 N–H and O–H groups in total. The van der Waals surface area contributed by atoms with E-state index in [0.29, 0.717) is 17.1 Å². The highest BCUT2D eigenvalue weighted by Gasteiger charge is 2.08. The Morgan fingerprint density at radius 3 is 2.36 bits per heavy atom. The van der Waals surface area contributed by atoms with Gasteiger partial charge in [0.2, 0.25) is 0 Å². The lowest BCUT2D eigenvalue weighted by atomic mass is 10.0. The molecule has 0 aromatic heterocycles. The number of aromatic hydroxyl groups is 1. The Bertz CT molecular complexity index is 829. The maximum Gasteiger partial charge on any atom is 0.143 e. The zero-order valence-corrected chi connectivity index (χ0v) is 12.7. The molecule has 0 saturated heterocycles.